The molecule has 0 spiro atoms. The van der Waals surface area contributed by atoms with Gasteiger partial charge in [-0.3, -0.25) is 4.90 Å². The van der Waals surface area contributed by atoms with Gasteiger partial charge in [0.25, 0.3) is 0 Å². The molecule has 1 saturated heterocycles. The Morgan fingerprint density at radius 1 is 1.08 bits per heavy atom. The van der Waals surface area contributed by atoms with Gasteiger partial charge in [-0.1, -0.05) is 0 Å². The minimum absolute atomic E-state index is 0.502. The third-order valence-electron chi connectivity index (χ3n) is 5.18. The molecule has 0 amide bonds. The Kier molecular flexibility index (Phi) is 4.15. The number of hydrogen-bond donors (Lipinski definition) is 1. The summed E-state index contributed by atoms with van der Waals surface area (Å²) in [5.74, 6) is 0.626. The normalized spacial score (nSPS) is 19.9. The van der Waals surface area contributed by atoms with Crippen LogP contribution in [0.4, 0.5) is 19.0 Å². The molecule has 5 nitrogen and oxygen atoms in total. The van der Waals surface area contributed by atoms with Gasteiger partial charge in [-0.05, 0) is 25.0 Å². The van der Waals surface area contributed by atoms with Gasteiger partial charge in [0.15, 0.2) is 0 Å². The smallest absolute Gasteiger partial charge is 0.357 e. The maximum atomic E-state index is 12.6. The zero-order valence-electron chi connectivity index (χ0n) is 13.8. The largest absolute Gasteiger partial charge is 0.417 e. The first kappa shape index (κ1) is 16.4. The van der Waals surface area contributed by atoms with Gasteiger partial charge in [0.2, 0.25) is 0 Å². The quantitative estimate of drug-likeness (QED) is 0.904. The second-order valence-electron chi connectivity index (χ2n) is 6.67. The Hall–Kier alpha value is -2.09. The number of fused-ring (bicyclic) bond motifs is 1. The molecule has 0 atom stereocenters. The number of aromatic amines is 1. The molecule has 2 aliphatic heterocycles. The van der Waals surface area contributed by atoms with Crippen molar-refractivity contribution in [2.24, 2.45) is 0 Å². The van der Waals surface area contributed by atoms with Crippen LogP contribution in [-0.4, -0.2) is 45.5 Å². The molecular formula is C17H20F3N5. The number of imidazole rings is 1. The number of anilines is 1. The minimum Gasteiger partial charge on any atom is -0.357 e. The molecule has 8 heteroatoms. The van der Waals surface area contributed by atoms with Crippen molar-refractivity contribution in [1.29, 1.82) is 0 Å². The third-order valence-corrected chi connectivity index (χ3v) is 5.18. The van der Waals surface area contributed by atoms with Crippen LogP contribution in [0.5, 0.6) is 0 Å². The topological polar surface area (TPSA) is 48.0 Å². The second kappa shape index (κ2) is 6.33. The van der Waals surface area contributed by atoms with Gasteiger partial charge in [0, 0.05) is 44.8 Å². The molecule has 0 saturated carbocycles. The van der Waals surface area contributed by atoms with Crippen molar-refractivity contribution >= 4 is 5.82 Å². The number of halogens is 3. The van der Waals surface area contributed by atoms with Crippen LogP contribution in [0.2, 0.25) is 0 Å². The van der Waals surface area contributed by atoms with Gasteiger partial charge in [-0.25, -0.2) is 9.97 Å². The van der Waals surface area contributed by atoms with Crippen LogP contribution in [0.1, 0.15) is 29.8 Å². The van der Waals surface area contributed by atoms with Crippen molar-refractivity contribution in [1.82, 2.24) is 19.9 Å². The molecule has 134 valence electrons. The number of pyridine rings is 1. The summed E-state index contributed by atoms with van der Waals surface area (Å²) in [5.41, 5.74) is 1.68. The molecule has 4 rings (SSSR count). The van der Waals surface area contributed by atoms with E-state index in [0.29, 0.717) is 11.9 Å². The van der Waals surface area contributed by atoms with Gasteiger partial charge in [-0.2, -0.15) is 13.2 Å². The SMILES string of the molecule is FC(F)(F)c1ccc(N2CCC(N3CCc4nc[nH]c4C3)CC2)nc1. The average Bonchev–Trinajstić information content (AvgIpc) is 3.09. The van der Waals surface area contributed by atoms with Crippen LogP contribution >= 0.6 is 0 Å². The zero-order valence-corrected chi connectivity index (χ0v) is 13.8. The number of H-pyrrole nitrogens is 1. The third kappa shape index (κ3) is 3.35. The Morgan fingerprint density at radius 2 is 1.88 bits per heavy atom. The van der Waals surface area contributed by atoms with E-state index in [1.807, 2.05) is 0 Å². The first-order valence-electron chi connectivity index (χ1n) is 8.54. The summed E-state index contributed by atoms with van der Waals surface area (Å²) in [6.07, 6.45) is 1.30. The molecule has 0 radical (unpaired) electrons. The molecule has 25 heavy (non-hydrogen) atoms. The molecule has 0 bridgehead atoms. The summed E-state index contributed by atoms with van der Waals surface area (Å²) in [6.45, 7) is 3.55. The first-order chi connectivity index (χ1) is 12.0. The highest BCUT2D eigenvalue weighted by Crippen LogP contribution is 2.30. The highest BCUT2D eigenvalue weighted by atomic mass is 19.4. The van der Waals surface area contributed by atoms with Crippen LogP contribution in [0.3, 0.4) is 0 Å². The lowest BCUT2D eigenvalue weighted by Crippen LogP contribution is -2.46. The fourth-order valence-corrected chi connectivity index (χ4v) is 3.75. The summed E-state index contributed by atoms with van der Waals surface area (Å²) in [6, 6.07) is 3.09. The number of rotatable bonds is 2. The van der Waals surface area contributed by atoms with Crippen LogP contribution in [0.15, 0.2) is 24.7 Å². The molecule has 0 unspecified atom stereocenters. The number of nitrogens with zero attached hydrogens (tertiary/aromatic N) is 4. The lowest BCUT2D eigenvalue weighted by atomic mass is 10.00. The van der Waals surface area contributed by atoms with Gasteiger partial charge in [0.05, 0.1) is 23.3 Å². The molecule has 1 fully saturated rings. The van der Waals surface area contributed by atoms with Crippen molar-refractivity contribution < 1.29 is 13.2 Å². The molecule has 2 aliphatic rings. The van der Waals surface area contributed by atoms with Crippen LogP contribution < -0.4 is 4.90 Å². The number of alkyl halides is 3. The predicted molar refractivity (Wildman–Crippen MR) is 87.2 cm³/mol. The molecular weight excluding hydrogens is 331 g/mol. The number of aromatic nitrogens is 3. The second-order valence-corrected chi connectivity index (χ2v) is 6.67. The van der Waals surface area contributed by atoms with Crippen LogP contribution in [0, 0.1) is 0 Å². The molecule has 0 aromatic carbocycles. The van der Waals surface area contributed by atoms with Crippen molar-refractivity contribution in [2.45, 2.75) is 38.0 Å². The number of nitrogens with one attached hydrogen (secondary N) is 1. The van der Waals surface area contributed by atoms with Crippen molar-refractivity contribution in [3.05, 3.63) is 41.6 Å². The number of piperidine rings is 1. The highest BCUT2D eigenvalue weighted by molar-refractivity contribution is 5.40. The van der Waals surface area contributed by atoms with Crippen LogP contribution in [0.25, 0.3) is 0 Å². The summed E-state index contributed by atoms with van der Waals surface area (Å²) in [4.78, 5) is 16.1. The van der Waals surface area contributed by atoms with Crippen molar-refractivity contribution in [3.8, 4) is 0 Å². The maximum Gasteiger partial charge on any atom is 0.417 e. The standard InChI is InChI=1S/C17H20F3N5/c18-17(19,20)12-1-2-16(21-9-12)24-6-3-13(4-7-24)25-8-5-14-15(10-25)23-11-22-14/h1-2,9,11,13H,3-8,10H2,(H,22,23). The first-order valence-corrected chi connectivity index (χ1v) is 8.54. The Labute approximate surface area is 143 Å². The Bertz CT molecular complexity index is 717. The summed E-state index contributed by atoms with van der Waals surface area (Å²) < 4.78 is 37.9. The lowest BCUT2D eigenvalue weighted by Gasteiger charge is -2.40. The predicted octanol–water partition coefficient (Wildman–Crippen LogP) is 2.85. The highest BCUT2D eigenvalue weighted by Gasteiger charge is 2.32. The van der Waals surface area contributed by atoms with E-state index in [1.165, 1.54) is 17.5 Å². The fraction of sp³-hybridized carbons (Fsp3) is 0.529. The molecule has 4 heterocycles. The van der Waals surface area contributed by atoms with E-state index in [2.05, 4.69) is 24.8 Å². The zero-order chi connectivity index (χ0) is 17.4. The van der Waals surface area contributed by atoms with Crippen molar-refractivity contribution in [3.63, 3.8) is 0 Å². The van der Waals surface area contributed by atoms with E-state index in [-0.39, 0.29) is 0 Å². The maximum absolute atomic E-state index is 12.6. The molecule has 0 aliphatic carbocycles. The van der Waals surface area contributed by atoms with Gasteiger partial charge in [-0.15, -0.1) is 0 Å². The fourth-order valence-electron chi connectivity index (χ4n) is 3.75. The van der Waals surface area contributed by atoms with Gasteiger partial charge in [0.1, 0.15) is 5.82 Å². The van der Waals surface area contributed by atoms with Crippen LogP contribution in [-0.2, 0) is 19.1 Å². The molecule has 2 aromatic rings. The molecule has 1 N–H and O–H groups in total. The van der Waals surface area contributed by atoms with Gasteiger partial charge < -0.3 is 9.88 Å². The number of hydrogen-bond acceptors (Lipinski definition) is 4. The summed E-state index contributed by atoms with van der Waals surface area (Å²) in [7, 11) is 0. The summed E-state index contributed by atoms with van der Waals surface area (Å²) in [5, 5.41) is 0. The minimum atomic E-state index is -4.34. The van der Waals surface area contributed by atoms with E-state index in [9.17, 15) is 13.2 Å². The van der Waals surface area contributed by atoms with Crippen molar-refractivity contribution in [2.75, 3.05) is 24.5 Å². The monoisotopic (exact) mass is 351 g/mol. The average molecular weight is 351 g/mol. The van der Waals surface area contributed by atoms with E-state index in [0.717, 1.165) is 57.7 Å². The van der Waals surface area contributed by atoms with E-state index in [1.54, 1.807) is 6.33 Å². The Balaban J connectivity index is 1.36. The summed E-state index contributed by atoms with van der Waals surface area (Å²) >= 11 is 0. The van der Waals surface area contributed by atoms with Gasteiger partial charge >= 0.3 is 6.18 Å². The molecule has 2 aromatic heterocycles. The van der Waals surface area contributed by atoms with E-state index < -0.39 is 11.7 Å². The Morgan fingerprint density at radius 3 is 2.56 bits per heavy atom. The van der Waals surface area contributed by atoms with E-state index >= 15 is 0 Å². The van der Waals surface area contributed by atoms with E-state index in [4.69, 9.17) is 0 Å². The lowest BCUT2D eigenvalue weighted by molar-refractivity contribution is -0.137.